The molecular formula is C12H15AlO2. The molecule has 1 rings (SSSR count). The van der Waals surface area contributed by atoms with Gasteiger partial charge in [0, 0.05) is 0 Å². The van der Waals surface area contributed by atoms with Gasteiger partial charge in [0.1, 0.15) is 0 Å². The summed E-state index contributed by atoms with van der Waals surface area (Å²) in [6.07, 6.45) is 1.35. The van der Waals surface area contributed by atoms with Gasteiger partial charge < -0.3 is 9.59 Å². The van der Waals surface area contributed by atoms with Crippen molar-refractivity contribution >= 4 is 27.9 Å². The van der Waals surface area contributed by atoms with Gasteiger partial charge in [0.2, 0.25) is 0 Å². The van der Waals surface area contributed by atoms with Crippen LogP contribution in [0.3, 0.4) is 0 Å². The minimum absolute atomic E-state index is 0.0691. The summed E-state index contributed by atoms with van der Waals surface area (Å²) in [5.41, 5.74) is 0. The molecule has 0 radical (unpaired) electrons. The van der Waals surface area contributed by atoms with E-state index in [1.54, 1.807) is 0 Å². The van der Waals surface area contributed by atoms with Crippen molar-refractivity contribution in [1.82, 2.24) is 0 Å². The average Bonchev–Trinajstić information content (AvgIpc) is 2.19. The molecule has 0 heterocycles. The molecule has 0 unspecified atom stereocenters. The third kappa shape index (κ3) is 3.30. The van der Waals surface area contributed by atoms with Gasteiger partial charge in [0.15, 0.2) is 0 Å². The maximum absolute atomic E-state index is 11.8. The molecule has 0 N–H and O–H groups in total. The highest BCUT2D eigenvalue weighted by molar-refractivity contribution is 7.18. The Balaban J connectivity index is 2.94. The number of carbonyl (C=O) groups is 2. The van der Waals surface area contributed by atoms with Gasteiger partial charge in [0.25, 0.3) is 0 Å². The first-order chi connectivity index (χ1) is 7.16. The van der Waals surface area contributed by atoms with Gasteiger partial charge in [-0.05, 0) is 13.3 Å². The molecule has 3 heteroatoms. The first kappa shape index (κ1) is 12.2. The second-order valence-corrected chi connectivity index (χ2v) is 6.66. The second-order valence-electron chi connectivity index (χ2n) is 3.67. The molecule has 1 aromatic rings. The predicted octanol–water partition coefficient (Wildman–Crippen LogP) is 1.43. The molecular weight excluding hydrogens is 203 g/mol. The molecule has 0 atom stereocenters. The number of benzene rings is 1. The fourth-order valence-electron chi connectivity index (χ4n) is 1.68. The first-order valence-electron chi connectivity index (χ1n) is 5.25. The minimum Gasteiger partial charge on any atom is -0.320 e. The van der Waals surface area contributed by atoms with Crippen LogP contribution >= 0.6 is 0 Å². The maximum Gasteiger partial charge on any atom is 0.496 e. The van der Waals surface area contributed by atoms with Gasteiger partial charge in [0.05, 0.1) is 9.29 Å². The monoisotopic (exact) mass is 218 g/mol. The summed E-state index contributed by atoms with van der Waals surface area (Å²) in [6, 6.07) is 9.46. The summed E-state index contributed by atoms with van der Waals surface area (Å²) in [6.45, 7) is 3.51. The summed E-state index contributed by atoms with van der Waals surface area (Å²) in [4.78, 5) is 23.3. The van der Waals surface area contributed by atoms with Crippen molar-refractivity contribution in [2.75, 3.05) is 0 Å². The van der Waals surface area contributed by atoms with Crippen molar-refractivity contribution in [2.24, 2.45) is 0 Å². The van der Waals surface area contributed by atoms with E-state index in [2.05, 4.69) is 0 Å². The van der Waals surface area contributed by atoms with Crippen LogP contribution in [-0.4, -0.2) is 23.4 Å². The Kier molecular flexibility index (Phi) is 4.74. The normalized spacial score (nSPS) is 9.73. The van der Waals surface area contributed by atoms with E-state index in [1.165, 1.54) is 6.92 Å². The smallest absolute Gasteiger partial charge is 0.320 e. The van der Waals surface area contributed by atoms with E-state index in [-0.39, 0.29) is 9.29 Å². The van der Waals surface area contributed by atoms with Crippen LogP contribution in [0.15, 0.2) is 30.3 Å². The van der Waals surface area contributed by atoms with Crippen LogP contribution in [-0.2, 0) is 9.59 Å². The van der Waals surface area contributed by atoms with Crippen molar-refractivity contribution in [3.05, 3.63) is 30.3 Å². The number of rotatable bonds is 5. The largest absolute Gasteiger partial charge is 0.496 e. The Morgan fingerprint density at radius 3 is 2.27 bits per heavy atom. The van der Waals surface area contributed by atoms with Gasteiger partial charge in [-0.25, -0.2) is 0 Å². The lowest BCUT2D eigenvalue weighted by Gasteiger charge is -2.06. The Hall–Kier alpha value is -0.908. The van der Waals surface area contributed by atoms with Crippen molar-refractivity contribution in [3.63, 3.8) is 0 Å². The van der Waals surface area contributed by atoms with Gasteiger partial charge >= 0.3 is 14.1 Å². The zero-order chi connectivity index (χ0) is 11.3. The van der Waals surface area contributed by atoms with E-state index in [4.69, 9.17) is 0 Å². The van der Waals surface area contributed by atoms with Crippen LogP contribution in [0.1, 0.15) is 26.7 Å². The van der Waals surface area contributed by atoms with E-state index in [9.17, 15) is 9.59 Å². The highest BCUT2D eigenvalue weighted by Crippen LogP contribution is 1.98. The average molecular weight is 218 g/mol. The molecule has 0 spiro atoms. The van der Waals surface area contributed by atoms with Crippen LogP contribution < -0.4 is 4.43 Å². The molecule has 78 valence electrons. The standard InChI is InChI=1S/C6H5.C4H7O.C2H3O.Al/c1-2-4-6-5-3-1;1-2-3-4-5;1-2-3;/h1-5H;2-3H2,1H3;1H3;. The third-order valence-corrected chi connectivity index (χ3v) is 5.16. The molecule has 0 saturated carbocycles. The first-order valence-corrected chi connectivity index (χ1v) is 6.98. The number of carbonyl (C=O) groups excluding carboxylic acids is 2. The topological polar surface area (TPSA) is 34.1 Å². The number of hydrogen-bond donors (Lipinski definition) is 0. The third-order valence-electron chi connectivity index (χ3n) is 2.36. The van der Waals surface area contributed by atoms with Crippen molar-refractivity contribution in [1.29, 1.82) is 0 Å². The molecule has 1 aromatic carbocycles. The zero-order valence-corrected chi connectivity index (χ0v) is 10.3. The highest BCUT2D eigenvalue weighted by atomic mass is 27.2. The van der Waals surface area contributed by atoms with Crippen molar-refractivity contribution < 1.29 is 9.59 Å². The Labute approximate surface area is 94.7 Å². The van der Waals surface area contributed by atoms with Crippen LogP contribution in [0.4, 0.5) is 0 Å². The lowest BCUT2D eigenvalue weighted by Crippen LogP contribution is -2.45. The SMILES string of the molecule is CCC[C](=O)[Al]([C](C)=O)[c]1ccccc1. The quantitative estimate of drug-likeness (QED) is 0.700. The molecule has 0 aliphatic heterocycles. The molecule has 0 bridgehead atoms. The Bertz CT molecular complexity index is 346. The Morgan fingerprint density at radius 2 is 1.80 bits per heavy atom. The van der Waals surface area contributed by atoms with Crippen LogP contribution in [0.25, 0.3) is 0 Å². The molecule has 0 aliphatic rings. The lowest BCUT2D eigenvalue weighted by molar-refractivity contribution is -0.114. The summed E-state index contributed by atoms with van der Waals surface area (Å²) in [5.74, 6) is 0. The van der Waals surface area contributed by atoms with E-state index in [0.717, 1.165) is 10.8 Å². The highest BCUT2D eigenvalue weighted by Gasteiger charge is 2.33. The summed E-state index contributed by atoms with van der Waals surface area (Å²) in [7, 11) is 0. The van der Waals surface area contributed by atoms with Crippen molar-refractivity contribution in [2.45, 2.75) is 26.7 Å². The molecule has 0 fully saturated rings. The van der Waals surface area contributed by atoms with E-state index in [1.807, 2.05) is 37.3 Å². The summed E-state index contributed by atoms with van der Waals surface area (Å²) < 4.78 is 1.18. The van der Waals surface area contributed by atoms with Gasteiger partial charge in [-0.2, -0.15) is 0 Å². The predicted molar refractivity (Wildman–Crippen MR) is 62.4 cm³/mol. The summed E-state index contributed by atoms with van der Waals surface area (Å²) >= 11 is -2.05. The summed E-state index contributed by atoms with van der Waals surface area (Å²) in [5, 5.41) is 0. The lowest BCUT2D eigenvalue weighted by atomic mass is 10.4. The maximum atomic E-state index is 11.8. The molecule has 0 saturated heterocycles. The van der Waals surface area contributed by atoms with Gasteiger partial charge in [-0.1, -0.05) is 48.1 Å². The van der Waals surface area contributed by atoms with E-state index < -0.39 is 14.1 Å². The molecule has 15 heavy (non-hydrogen) atoms. The van der Waals surface area contributed by atoms with Gasteiger partial charge in [-0.3, -0.25) is 0 Å². The van der Waals surface area contributed by atoms with Crippen molar-refractivity contribution in [3.8, 4) is 0 Å². The molecule has 0 amide bonds. The molecule has 0 aromatic heterocycles. The van der Waals surface area contributed by atoms with Crippen LogP contribution in [0, 0.1) is 0 Å². The fourth-order valence-corrected chi connectivity index (χ4v) is 4.16. The minimum atomic E-state index is -2.05. The number of hydrogen-bond acceptors (Lipinski definition) is 2. The van der Waals surface area contributed by atoms with Crippen LogP contribution in [0.2, 0.25) is 0 Å². The van der Waals surface area contributed by atoms with Crippen LogP contribution in [0.5, 0.6) is 0 Å². The molecule has 0 aliphatic carbocycles. The zero-order valence-electron chi connectivity index (χ0n) is 9.19. The van der Waals surface area contributed by atoms with E-state index in [0.29, 0.717) is 6.42 Å². The molecule has 2 nitrogen and oxygen atoms in total. The van der Waals surface area contributed by atoms with Gasteiger partial charge in [-0.15, -0.1) is 0 Å². The van der Waals surface area contributed by atoms with E-state index >= 15 is 0 Å². The second kappa shape index (κ2) is 5.85. The fraction of sp³-hybridized carbons (Fsp3) is 0.333. The Morgan fingerprint density at radius 1 is 1.20 bits per heavy atom.